The fourth-order valence-corrected chi connectivity index (χ4v) is 19.1. The highest BCUT2D eigenvalue weighted by Crippen LogP contribution is 2.51. The van der Waals surface area contributed by atoms with Crippen molar-refractivity contribution in [2.24, 2.45) is 0 Å². The molecule has 0 amide bonds. The number of para-hydroxylation sites is 8. The fourth-order valence-electron chi connectivity index (χ4n) is 19.1. The van der Waals surface area contributed by atoms with Crippen molar-refractivity contribution >= 4 is 187 Å². The van der Waals surface area contributed by atoms with Gasteiger partial charge in [-0.3, -0.25) is 0 Å². The van der Waals surface area contributed by atoms with Crippen LogP contribution in [0.25, 0.3) is 187 Å². The third-order valence-corrected chi connectivity index (χ3v) is 24.0. The second-order valence-corrected chi connectivity index (χ2v) is 30.4. The molecule has 0 aliphatic carbocycles. The van der Waals surface area contributed by atoms with Gasteiger partial charge >= 0.3 is 0 Å². The van der Waals surface area contributed by atoms with Gasteiger partial charge in [0.15, 0.2) is 11.2 Å². The third-order valence-electron chi connectivity index (χ3n) is 24.0. The number of rotatable bonds is 11. The van der Waals surface area contributed by atoms with E-state index in [-0.39, 0.29) is 0 Å². The van der Waals surface area contributed by atoms with E-state index >= 15 is 0 Å². The lowest BCUT2D eigenvalue weighted by molar-refractivity contribution is 0.668. The summed E-state index contributed by atoms with van der Waals surface area (Å²) >= 11 is 0. The number of benzene rings is 18. The van der Waals surface area contributed by atoms with Crippen LogP contribution >= 0.6 is 0 Å². The number of hydrogen-bond acceptors (Lipinski definition) is 4. The summed E-state index contributed by atoms with van der Waals surface area (Å²) < 4.78 is 23.5. The van der Waals surface area contributed by atoms with Crippen molar-refractivity contribution in [2.45, 2.75) is 13.8 Å². The summed E-state index contributed by atoms with van der Waals surface area (Å²) in [5, 5.41) is 18.8. The molecule has 6 aromatic heterocycles. The lowest BCUT2D eigenvalue weighted by atomic mass is 9.97. The van der Waals surface area contributed by atoms with Crippen LogP contribution in [0.3, 0.4) is 0 Å². The molecule has 0 fully saturated rings. The van der Waals surface area contributed by atoms with Crippen LogP contribution in [0.5, 0.6) is 0 Å². The summed E-state index contributed by atoms with van der Waals surface area (Å²) in [7, 11) is 0. The van der Waals surface area contributed by atoms with Gasteiger partial charge in [-0.05, 0) is 215 Å². The molecule has 0 aliphatic heterocycles. The predicted octanol–water partition coefficient (Wildman–Crippen LogP) is 29.4. The molecule has 6 heterocycles. The Morgan fingerprint density at radius 1 is 0.202 bits per heavy atom. The van der Waals surface area contributed by atoms with Crippen LogP contribution in [0.15, 0.2) is 385 Å². The van der Waals surface area contributed by atoms with E-state index in [0.29, 0.717) is 0 Å². The number of furan rings is 2. The number of fused-ring (bicyclic) bond motifs is 24. The van der Waals surface area contributed by atoms with Gasteiger partial charge in [0.05, 0.1) is 55.5 Å². The molecule has 24 rings (SSSR count). The van der Waals surface area contributed by atoms with Crippen LogP contribution in [-0.4, -0.2) is 18.3 Å². The molecule has 114 heavy (non-hydrogen) atoms. The Labute approximate surface area is 654 Å². The van der Waals surface area contributed by atoms with Crippen LogP contribution in [0, 0.1) is 13.8 Å². The minimum atomic E-state index is 0.849. The monoisotopic (exact) mass is 1460 g/mol. The second-order valence-electron chi connectivity index (χ2n) is 30.4. The Morgan fingerprint density at radius 2 is 0.491 bits per heavy atom. The maximum absolute atomic E-state index is 6.81. The number of anilines is 6. The lowest BCUT2D eigenvalue weighted by Crippen LogP contribution is -2.10. The topological polar surface area (TPSA) is 52.5 Å². The molecule has 534 valence electrons. The van der Waals surface area contributed by atoms with Crippen LogP contribution in [-0.2, 0) is 0 Å². The smallest absolute Gasteiger partial charge is 0.159 e. The molecule has 0 N–H and O–H groups in total. The summed E-state index contributed by atoms with van der Waals surface area (Å²) in [6, 6.07) is 138. The van der Waals surface area contributed by atoms with Gasteiger partial charge in [0.25, 0.3) is 0 Å². The first-order chi connectivity index (χ1) is 56.4. The van der Waals surface area contributed by atoms with Crippen molar-refractivity contribution in [3.05, 3.63) is 387 Å². The van der Waals surface area contributed by atoms with Gasteiger partial charge in [0.2, 0.25) is 0 Å². The quantitative estimate of drug-likeness (QED) is 0.129. The van der Waals surface area contributed by atoms with E-state index < -0.39 is 0 Å². The van der Waals surface area contributed by atoms with Crippen LogP contribution < -0.4 is 9.80 Å². The first-order valence-corrected chi connectivity index (χ1v) is 39.1. The Kier molecular flexibility index (Phi) is 13.8. The van der Waals surface area contributed by atoms with Crippen LogP contribution in [0.1, 0.15) is 11.1 Å². The molecule has 8 heteroatoms. The molecule has 0 bridgehead atoms. The third kappa shape index (κ3) is 9.46. The normalized spacial score (nSPS) is 12.1. The van der Waals surface area contributed by atoms with Gasteiger partial charge in [-0.25, -0.2) is 0 Å². The van der Waals surface area contributed by atoms with E-state index in [4.69, 9.17) is 8.83 Å². The molecule has 0 atom stereocenters. The zero-order chi connectivity index (χ0) is 75.0. The first-order valence-electron chi connectivity index (χ1n) is 39.1. The first kappa shape index (κ1) is 63.8. The summed E-state index contributed by atoms with van der Waals surface area (Å²) in [5.74, 6) is 0. The van der Waals surface area contributed by atoms with Crippen LogP contribution in [0.4, 0.5) is 34.1 Å². The molecule has 0 unspecified atom stereocenters. The molecule has 18 aromatic carbocycles. The number of aromatic nitrogens is 4. The van der Waals surface area contributed by atoms with E-state index in [1.54, 1.807) is 0 Å². The zero-order valence-corrected chi connectivity index (χ0v) is 62.3. The highest BCUT2D eigenvalue weighted by atomic mass is 16.3. The van der Waals surface area contributed by atoms with E-state index in [1.165, 1.54) is 75.8 Å². The van der Waals surface area contributed by atoms with Gasteiger partial charge in [-0.1, -0.05) is 218 Å². The van der Waals surface area contributed by atoms with E-state index in [2.05, 4.69) is 406 Å². The van der Waals surface area contributed by atoms with Crippen molar-refractivity contribution in [2.75, 3.05) is 9.80 Å². The van der Waals surface area contributed by atoms with Crippen molar-refractivity contribution in [1.29, 1.82) is 0 Å². The van der Waals surface area contributed by atoms with E-state index in [1.807, 2.05) is 12.1 Å². The van der Waals surface area contributed by atoms with Crippen molar-refractivity contribution in [3.8, 4) is 33.9 Å². The Morgan fingerprint density at radius 3 is 0.842 bits per heavy atom. The maximum Gasteiger partial charge on any atom is 0.159 e. The summed E-state index contributed by atoms with van der Waals surface area (Å²) in [4.78, 5) is 4.73. The lowest BCUT2D eigenvalue weighted by Gasteiger charge is -2.26. The molecule has 0 spiro atoms. The van der Waals surface area contributed by atoms with Crippen molar-refractivity contribution in [1.82, 2.24) is 18.3 Å². The minimum absolute atomic E-state index is 0.849. The molecule has 0 saturated carbocycles. The average molecular weight is 1460 g/mol. The van der Waals surface area contributed by atoms with Gasteiger partial charge < -0.3 is 36.9 Å². The van der Waals surface area contributed by atoms with Gasteiger partial charge in [-0.15, -0.1) is 0 Å². The second kappa shape index (κ2) is 24.7. The molecule has 0 saturated heterocycles. The highest BCUT2D eigenvalue weighted by Gasteiger charge is 2.28. The summed E-state index contributed by atoms with van der Waals surface area (Å²) in [6.45, 7) is 4.33. The van der Waals surface area contributed by atoms with Gasteiger partial charge in [-0.2, -0.15) is 0 Å². The molecule has 0 aliphatic rings. The Balaban J connectivity index is 0.683. The maximum atomic E-state index is 6.81. The fraction of sp³-hybridized carbons (Fsp3) is 0.0189. The summed E-state index contributed by atoms with van der Waals surface area (Å²) in [6.07, 6.45) is 0. The van der Waals surface area contributed by atoms with Crippen molar-refractivity contribution < 1.29 is 8.83 Å². The van der Waals surface area contributed by atoms with Crippen molar-refractivity contribution in [3.63, 3.8) is 0 Å². The SMILES string of the molecule is Cc1cccc(N(c2ccc3c4c5ccc6c(c5ccc4n(-c4ccccc4)c3c2)c2ccc(-c3ccc4c5c7ccc8c(c7ccc5n(-c5ccccc5)c4c3)c3ccc(N(c4cccc(C)c4)c4cccc5c4oc4ccccc45)cc3n8-c3ccccc3)cc2n6-c2ccccc2)c2cccc3c2oc2ccccc23)c1. The number of aryl methyl sites for hydroxylation is 2. The number of hydrogen-bond donors (Lipinski definition) is 0. The largest absolute Gasteiger partial charge is 0.454 e. The molecule has 8 nitrogen and oxygen atoms in total. The molecular weight excluding hydrogens is 1390 g/mol. The average Bonchev–Trinajstić information content (AvgIpc) is 1.54. The van der Waals surface area contributed by atoms with Gasteiger partial charge in [0, 0.05) is 110 Å². The zero-order valence-electron chi connectivity index (χ0n) is 62.3. The molecular formula is C106H68N6O2. The standard InChI is InChI=1S/C106H68N6O2/c1-65-23-19-33-73(59-65)107(93-39-21-37-83-77-35-15-17-41-99(77)113-105(83)93)75-45-49-87-97(63-75)111(71-29-11-5-12-30-71)91-57-53-79-81(103(87)91)51-55-89-101(79)85-47-43-67(61-95(85)109(89)69-25-7-3-8-26-69)68-44-48-86-96(62-68)110(70-27-9-4-10-28-70)90-56-52-82-80(102(86)90)54-58-92-104(82)88-50-46-76(64-98(88)112(92)72-31-13-6-14-32-72)108(74-34-20-24-66(2)60-74)94-40-22-38-84-78-36-16-18-42-100(78)114-106(84)94/h3-64H,1-2H3. The minimum Gasteiger partial charge on any atom is -0.454 e. The van der Waals surface area contributed by atoms with E-state index in [9.17, 15) is 0 Å². The molecule has 24 aromatic rings. The molecule has 0 radical (unpaired) electrons. The highest BCUT2D eigenvalue weighted by molar-refractivity contribution is 6.32. The number of nitrogens with zero attached hydrogens (tertiary/aromatic N) is 6. The van der Waals surface area contributed by atoms with Crippen LogP contribution in [0.2, 0.25) is 0 Å². The summed E-state index contributed by atoms with van der Waals surface area (Å²) in [5.41, 5.74) is 27.7. The Bertz CT molecular complexity index is 7660. The predicted molar refractivity (Wildman–Crippen MR) is 478 cm³/mol. The van der Waals surface area contributed by atoms with E-state index in [0.717, 1.165) is 156 Å². The Hall–Kier alpha value is -15.1. The van der Waals surface area contributed by atoms with Gasteiger partial charge in [0.1, 0.15) is 11.2 Å².